The minimum Gasteiger partial charge on any atom is -0.393 e. The van der Waals surface area contributed by atoms with Crippen LogP contribution >= 0.6 is 0 Å². The molecule has 3 rings (SSSR count). The Bertz CT molecular complexity index is 358. The summed E-state index contributed by atoms with van der Waals surface area (Å²) in [6.07, 6.45) is 7.88. The van der Waals surface area contributed by atoms with Crippen molar-refractivity contribution in [2.45, 2.75) is 51.7 Å². The average molecular weight is 248 g/mol. The van der Waals surface area contributed by atoms with Gasteiger partial charge in [0.25, 0.3) is 0 Å². The van der Waals surface area contributed by atoms with Crippen molar-refractivity contribution in [1.82, 2.24) is 0 Å². The summed E-state index contributed by atoms with van der Waals surface area (Å²) in [4.78, 5) is 0. The zero-order valence-electron chi connectivity index (χ0n) is 11.3. The first kappa shape index (κ1) is 12.4. The smallest absolute Gasteiger partial charge is 0.0610 e. The predicted molar refractivity (Wildman–Crippen MR) is 72.0 cm³/mol. The number of fused-ring (bicyclic) bond motifs is 2. The number of aliphatic hydroxyl groups excluding tert-OH is 2. The molecule has 3 aliphatic rings. The summed E-state index contributed by atoms with van der Waals surface area (Å²) in [5, 5.41) is 21.3. The minimum absolute atomic E-state index is 0.226. The van der Waals surface area contributed by atoms with Crippen molar-refractivity contribution in [3.8, 4) is 0 Å². The third-order valence-corrected chi connectivity index (χ3v) is 5.45. The van der Waals surface area contributed by atoms with Gasteiger partial charge in [0.1, 0.15) is 0 Å². The van der Waals surface area contributed by atoms with Gasteiger partial charge in [-0.25, -0.2) is 0 Å². The monoisotopic (exact) mass is 248 g/mol. The van der Waals surface area contributed by atoms with E-state index in [4.69, 9.17) is 0 Å². The van der Waals surface area contributed by atoms with E-state index in [1.807, 2.05) is 0 Å². The first-order valence-electron chi connectivity index (χ1n) is 7.25. The zero-order valence-corrected chi connectivity index (χ0v) is 11.3. The molecule has 0 unspecified atom stereocenters. The van der Waals surface area contributed by atoms with E-state index >= 15 is 0 Å². The largest absolute Gasteiger partial charge is 0.393 e. The summed E-state index contributed by atoms with van der Waals surface area (Å²) < 4.78 is 0. The Morgan fingerprint density at radius 2 is 1.17 bits per heavy atom. The lowest BCUT2D eigenvalue weighted by Gasteiger charge is -2.51. The molecule has 2 N–H and O–H groups in total. The Morgan fingerprint density at radius 3 is 1.56 bits per heavy atom. The summed E-state index contributed by atoms with van der Waals surface area (Å²) in [7, 11) is 0. The molecule has 2 heteroatoms. The molecule has 0 heterocycles. The molecule has 0 bridgehead atoms. The molecule has 6 atom stereocenters. The molecule has 0 aliphatic heterocycles. The second-order valence-corrected chi connectivity index (χ2v) is 6.62. The van der Waals surface area contributed by atoms with Crippen molar-refractivity contribution in [3.63, 3.8) is 0 Å². The third kappa shape index (κ3) is 1.86. The Balaban J connectivity index is 1.89. The molecule has 1 fully saturated rings. The molecule has 3 aliphatic carbocycles. The Kier molecular flexibility index (Phi) is 3.11. The van der Waals surface area contributed by atoms with E-state index in [-0.39, 0.29) is 35.9 Å². The van der Waals surface area contributed by atoms with Crippen molar-refractivity contribution in [2.75, 3.05) is 0 Å². The topological polar surface area (TPSA) is 40.5 Å². The second-order valence-electron chi connectivity index (χ2n) is 6.62. The number of hydrogen-bond acceptors (Lipinski definition) is 2. The molecule has 0 saturated heterocycles. The quantitative estimate of drug-likeness (QED) is 0.647. The van der Waals surface area contributed by atoms with Crippen molar-refractivity contribution >= 4 is 0 Å². The van der Waals surface area contributed by atoms with Crippen LogP contribution in [0.15, 0.2) is 23.3 Å². The van der Waals surface area contributed by atoms with Crippen LogP contribution in [-0.2, 0) is 0 Å². The molecule has 0 aromatic heterocycles. The fourth-order valence-corrected chi connectivity index (χ4v) is 4.41. The van der Waals surface area contributed by atoms with Gasteiger partial charge < -0.3 is 10.2 Å². The van der Waals surface area contributed by atoms with E-state index in [0.717, 1.165) is 25.7 Å². The maximum atomic E-state index is 10.7. The van der Waals surface area contributed by atoms with Crippen LogP contribution in [0, 0.1) is 23.7 Å². The van der Waals surface area contributed by atoms with Gasteiger partial charge in [-0.3, -0.25) is 0 Å². The molecular formula is C16H24O2. The highest BCUT2D eigenvalue weighted by Gasteiger charge is 2.49. The number of aliphatic hydroxyl groups is 2. The van der Waals surface area contributed by atoms with Crippen LogP contribution in [0.25, 0.3) is 0 Å². The van der Waals surface area contributed by atoms with Gasteiger partial charge in [0.2, 0.25) is 0 Å². The predicted octanol–water partition coefficient (Wildman–Crippen LogP) is 2.67. The van der Waals surface area contributed by atoms with Gasteiger partial charge >= 0.3 is 0 Å². The molecule has 0 aromatic carbocycles. The lowest BCUT2D eigenvalue weighted by molar-refractivity contribution is -0.121. The van der Waals surface area contributed by atoms with E-state index in [2.05, 4.69) is 26.0 Å². The molecule has 0 radical (unpaired) electrons. The van der Waals surface area contributed by atoms with Crippen LogP contribution < -0.4 is 0 Å². The summed E-state index contributed by atoms with van der Waals surface area (Å²) in [6.45, 7) is 4.29. The van der Waals surface area contributed by atoms with Crippen LogP contribution in [0.3, 0.4) is 0 Å². The molecular weight excluding hydrogens is 224 g/mol. The Morgan fingerprint density at radius 1 is 0.778 bits per heavy atom. The van der Waals surface area contributed by atoms with Crippen LogP contribution in [0.2, 0.25) is 0 Å². The number of allylic oxidation sites excluding steroid dienone is 4. The SMILES string of the molecule is CC1=CC[C@@H]2[C@H](O)[C@@H]3CC(C)=CC[C@@H]3[C@@H](O)[C@H]2C1. The van der Waals surface area contributed by atoms with Gasteiger partial charge in [0.05, 0.1) is 12.2 Å². The Hall–Kier alpha value is -0.600. The highest BCUT2D eigenvalue weighted by Crippen LogP contribution is 2.49. The van der Waals surface area contributed by atoms with Crippen LogP contribution in [-0.4, -0.2) is 22.4 Å². The number of rotatable bonds is 0. The molecule has 100 valence electrons. The normalized spacial score (nSPS) is 47.8. The fraction of sp³-hybridized carbons (Fsp3) is 0.750. The molecule has 2 nitrogen and oxygen atoms in total. The van der Waals surface area contributed by atoms with Crippen molar-refractivity contribution in [2.24, 2.45) is 23.7 Å². The molecule has 0 spiro atoms. The fourth-order valence-electron chi connectivity index (χ4n) is 4.41. The zero-order chi connectivity index (χ0) is 12.9. The third-order valence-electron chi connectivity index (χ3n) is 5.45. The van der Waals surface area contributed by atoms with Gasteiger partial charge in [0, 0.05) is 0 Å². The maximum absolute atomic E-state index is 10.7. The standard InChI is InChI=1S/C16H24O2/c1-9-3-5-11-13(7-9)15(17)12-6-4-10(2)8-14(12)16(11)18/h3-4,11-18H,5-8H2,1-2H3/t11-,12-,13-,14+,15+,16-/m0/s1. The second kappa shape index (κ2) is 4.50. The maximum Gasteiger partial charge on any atom is 0.0610 e. The summed E-state index contributed by atoms with van der Waals surface area (Å²) in [5.74, 6) is 1.10. The van der Waals surface area contributed by atoms with Gasteiger partial charge in [-0.05, 0) is 63.2 Å². The van der Waals surface area contributed by atoms with E-state index in [1.165, 1.54) is 11.1 Å². The molecule has 0 amide bonds. The summed E-state index contributed by atoms with van der Waals surface area (Å²) >= 11 is 0. The van der Waals surface area contributed by atoms with E-state index in [9.17, 15) is 10.2 Å². The highest BCUT2D eigenvalue weighted by atomic mass is 16.3. The van der Waals surface area contributed by atoms with Gasteiger partial charge in [-0.1, -0.05) is 23.3 Å². The van der Waals surface area contributed by atoms with Crippen molar-refractivity contribution < 1.29 is 10.2 Å². The summed E-state index contributed by atoms with van der Waals surface area (Å²) in [5.41, 5.74) is 2.76. The Labute approximate surface area is 109 Å². The lowest BCUT2D eigenvalue weighted by atomic mass is 9.57. The van der Waals surface area contributed by atoms with E-state index < -0.39 is 0 Å². The van der Waals surface area contributed by atoms with Crippen LogP contribution in [0.1, 0.15) is 39.5 Å². The van der Waals surface area contributed by atoms with E-state index in [0.29, 0.717) is 0 Å². The van der Waals surface area contributed by atoms with Crippen molar-refractivity contribution in [3.05, 3.63) is 23.3 Å². The van der Waals surface area contributed by atoms with E-state index in [1.54, 1.807) is 0 Å². The molecule has 1 saturated carbocycles. The molecule has 0 aromatic rings. The van der Waals surface area contributed by atoms with Crippen LogP contribution in [0.4, 0.5) is 0 Å². The number of hydrogen-bond donors (Lipinski definition) is 2. The highest BCUT2D eigenvalue weighted by molar-refractivity contribution is 5.16. The van der Waals surface area contributed by atoms with Crippen LogP contribution in [0.5, 0.6) is 0 Å². The molecule has 18 heavy (non-hydrogen) atoms. The van der Waals surface area contributed by atoms with Gasteiger partial charge in [0.15, 0.2) is 0 Å². The van der Waals surface area contributed by atoms with Crippen molar-refractivity contribution in [1.29, 1.82) is 0 Å². The lowest BCUT2D eigenvalue weighted by Crippen LogP contribution is -2.53. The van der Waals surface area contributed by atoms with Gasteiger partial charge in [-0.15, -0.1) is 0 Å². The first-order chi connectivity index (χ1) is 8.58. The minimum atomic E-state index is -0.226. The van der Waals surface area contributed by atoms with Gasteiger partial charge in [-0.2, -0.15) is 0 Å². The summed E-state index contributed by atoms with van der Waals surface area (Å²) in [6, 6.07) is 0. The average Bonchev–Trinajstić information content (AvgIpc) is 2.36. The first-order valence-corrected chi connectivity index (χ1v) is 7.25.